The fraction of sp³-hybridized carbons (Fsp3) is 0.350. The van der Waals surface area contributed by atoms with E-state index in [1.807, 2.05) is 6.92 Å². The molecule has 0 saturated carbocycles. The van der Waals surface area contributed by atoms with E-state index in [4.69, 9.17) is 4.74 Å². The molecule has 0 bridgehead atoms. The van der Waals surface area contributed by atoms with Crippen molar-refractivity contribution in [2.75, 3.05) is 20.1 Å². The number of hydrogen-bond donors (Lipinski definition) is 2. The molecule has 5 nitrogen and oxygen atoms in total. The van der Waals surface area contributed by atoms with Gasteiger partial charge in [0.2, 0.25) is 0 Å². The minimum Gasteiger partial charge on any atom is -0.505 e. The van der Waals surface area contributed by atoms with Gasteiger partial charge in [0.1, 0.15) is 11.9 Å². The van der Waals surface area contributed by atoms with Gasteiger partial charge in [0.25, 0.3) is 0 Å². The molecule has 28 heavy (non-hydrogen) atoms. The molecule has 2 aromatic rings. The van der Waals surface area contributed by atoms with Crippen LogP contribution in [0.5, 0.6) is 5.75 Å². The van der Waals surface area contributed by atoms with Crippen LogP contribution in [0.2, 0.25) is 0 Å². The van der Waals surface area contributed by atoms with Crippen LogP contribution in [0.1, 0.15) is 24.2 Å². The first-order valence-electron chi connectivity index (χ1n) is 8.80. The van der Waals surface area contributed by atoms with Crippen molar-refractivity contribution < 1.29 is 18.6 Å². The van der Waals surface area contributed by atoms with Crippen molar-refractivity contribution in [3.8, 4) is 5.75 Å². The van der Waals surface area contributed by atoms with Crippen LogP contribution in [0.4, 0.5) is 8.78 Å². The van der Waals surface area contributed by atoms with Crippen molar-refractivity contribution >= 4 is 29.9 Å². The molecule has 0 aliphatic carbocycles. The highest BCUT2D eigenvalue weighted by molar-refractivity contribution is 14.0. The average Bonchev–Trinajstić information content (AvgIpc) is 2.65. The zero-order valence-corrected chi connectivity index (χ0v) is 18.1. The summed E-state index contributed by atoms with van der Waals surface area (Å²) in [6.07, 6.45) is -0.225. The molecule has 2 atom stereocenters. The van der Waals surface area contributed by atoms with Crippen molar-refractivity contribution in [3.05, 3.63) is 65.2 Å². The molecule has 2 aromatic carbocycles. The number of aliphatic imine (C=N–C) groups is 1. The van der Waals surface area contributed by atoms with E-state index in [0.717, 1.165) is 5.56 Å². The molecule has 1 aliphatic rings. The second-order valence-electron chi connectivity index (χ2n) is 6.58. The zero-order chi connectivity index (χ0) is 19.4. The Hall–Kier alpha value is -1.94. The Morgan fingerprint density at radius 2 is 1.93 bits per heavy atom. The Morgan fingerprint density at radius 1 is 1.21 bits per heavy atom. The van der Waals surface area contributed by atoms with Crippen molar-refractivity contribution in [2.24, 2.45) is 4.99 Å². The zero-order valence-electron chi connectivity index (χ0n) is 15.7. The summed E-state index contributed by atoms with van der Waals surface area (Å²) < 4.78 is 32.7. The Labute approximate surface area is 180 Å². The third-order valence-corrected chi connectivity index (χ3v) is 4.48. The highest BCUT2D eigenvalue weighted by atomic mass is 127. The molecule has 3 rings (SSSR count). The van der Waals surface area contributed by atoms with E-state index in [9.17, 15) is 13.9 Å². The lowest BCUT2D eigenvalue weighted by Crippen LogP contribution is -2.50. The Morgan fingerprint density at radius 3 is 2.57 bits per heavy atom. The Balaban J connectivity index is 0.00000280. The fourth-order valence-electron chi connectivity index (χ4n) is 3.16. The van der Waals surface area contributed by atoms with Crippen molar-refractivity contribution in [1.82, 2.24) is 10.2 Å². The van der Waals surface area contributed by atoms with Crippen LogP contribution < -0.4 is 5.32 Å². The van der Waals surface area contributed by atoms with Crippen molar-refractivity contribution in [1.29, 1.82) is 0 Å². The van der Waals surface area contributed by atoms with Crippen LogP contribution in [-0.4, -0.2) is 42.2 Å². The van der Waals surface area contributed by atoms with Crippen molar-refractivity contribution in [2.45, 2.75) is 25.7 Å². The Bertz CT molecular complexity index is 818. The first kappa shape index (κ1) is 22.4. The van der Waals surface area contributed by atoms with Gasteiger partial charge < -0.3 is 20.1 Å². The van der Waals surface area contributed by atoms with E-state index in [-0.39, 0.29) is 47.8 Å². The summed E-state index contributed by atoms with van der Waals surface area (Å²) in [5, 5.41) is 12.5. The van der Waals surface area contributed by atoms with Gasteiger partial charge in [-0.05, 0) is 42.3 Å². The number of morpholine rings is 1. The molecular formula is C20H24F2IN3O2. The van der Waals surface area contributed by atoms with Gasteiger partial charge in [-0.3, -0.25) is 4.99 Å². The van der Waals surface area contributed by atoms with Crippen molar-refractivity contribution in [3.63, 3.8) is 0 Å². The topological polar surface area (TPSA) is 57.1 Å². The van der Waals surface area contributed by atoms with Crippen LogP contribution in [-0.2, 0) is 11.3 Å². The monoisotopic (exact) mass is 503 g/mol. The summed E-state index contributed by atoms with van der Waals surface area (Å²) in [4.78, 5) is 6.38. The second-order valence-corrected chi connectivity index (χ2v) is 6.58. The molecule has 2 N–H and O–H groups in total. The van der Waals surface area contributed by atoms with E-state index in [0.29, 0.717) is 31.2 Å². The summed E-state index contributed by atoms with van der Waals surface area (Å²) in [6, 6.07) is 10.6. The molecule has 8 heteroatoms. The lowest BCUT2D eigenvalue weighted by molar-refractivity contribution is -0.0605. The molecule has 1 aliphatic heterocycles. The molecule has 1 fully saturated rings. The number of phenols is 1. The molecule has 0 radical (unpaired) electrons. The summed E-state index contributed by atoms with van der Waals surface area (Å²) in [5.74, 6) is -0.628. The van der Waals surface area contributed by atoms with Crippen LogP contribution >= 0.6 is 24.0 Å². The van der Waals surface area contributed by atoms with Gasteiger partial charge in [-0.15, -0.1) is 24.0 Å². The van der Waals surface area contributed by atoms with Gasteiger partial charge in [-0.2, -0.15) is 0 Å². The molecule has 1 heterocycles. The molecule has 2 unspecified atom stereocenters. The first-order valence-corrected chi connectivity index (χ1v) is 8.80. The minimum absolute atomic E-state index is 0. The molecular weight excluding hydrogens is 479 g/mol. The lowest BCUT2D eigenvalue weighted by Gasteiger charge is -2.38. The van der Waals surface area contributed by atoms with Crippen LogP contribution in [0, 0.1) is 11.6 Å². The number of benzene rings is 2. The number of guanidine groups is 1. The van der Waals surface area contributed by atoms with E-state index in [2.05, 4.69) is 15.2 Å². The third kappa shape index (κ3) is 5.54. The molecule has 0 amide bonds. The Kier molecular flexibility index (Phi) is 7.99. The number of phenolic OH excluding ortho intramolecular Hbond substituents is 1. The van der Waals surface area contributed by atoms with Gasteiger partial charge in [0.15, 0.2) is 17.5 Å². The quantitative estimate of drug-likeness (QED) is 0.380. The number of hydrogen-bond acceptors (Lipinski definition) is 3. The van der Waals surface area contributed by atoms with Gasteiger partial charge in [0.05, 0.1) is 12.6 Å². The van der Waals surface area contributed by atoms with Gasteiger partial charge in [-0.1, -0.05) is 18.2 Å². The summed E-state index contributed by atoms with van der Waals surface area (Å²) in [6.45, 7) is 3.57. The standard InChI is InChI=1S/C20H23F2N3O2.HI/c1-13-11-25(12-19(27-13)15-4-6-16(21)7-5-15)20(23-2)24-10-14-3-8-18(26)17(22)9-14;/h3-9,13,19,26H,10-12H2,1-2H3,(H,23,24);1H. The SMILES string of the molecule is CN=C(NCc1ccc(O)c(F)c1)N1CC(C)OC(c2ccc(F)cc2)C1.I. The van der Waals surface area contributed by atoms with Crippen LogP contribution in [0.3, 0.4) is 0 Å². The van der Waals surface area contributed by atoms with Gasteiger partial charge >= 0.3 is 0 Å². The smallest absolute Gasteiger partial charge is 0.194 e. The number of ether oxygens (including phenoxy) is 1. The first-order chi connectivity index (χ1) is 13.0. The van der Waals surface area contributed by atoms with E-state index >= 15 is 0 Å². The number of nitrogens with zero attached hydrogens (tertiary/aromatic N) is 2. The minimum atomic E-state index is -0.652. The molecule has 152 valence electrons. The number of nitrogens with one attached hydrogen (secondary N) is 1. The van der Waals surface area contributed by atoms with E-state index < -0.39 is 5.82 Å². The predicted molar refractivity (Wildman–Crippen MR) is 115 cm³/mol. The number of rotatable bonds is 3. The predicted octanol–water partition coefficient (Wildman–Crippen LogP) is 3.83. The fourth-order valence-corrected chi connectivity index (χ4v) is 3.16. The molecule has 1 saturated heterocycles. The lowest BCUT2D eigenvalue weighted by atomic mass is 10.1. The maximum absolute atomic E-state index is 13.5. The summed E-state index contributed by atoms with van der Waals surface area (Å²) >= 11 is 0. The van der Waals surface area contributed by atoms with Gasteiger partial charge in [-0.25, -0.2) is 8.78 Å². The second kappa shape index (κ2) is 10.0. The van der Waals surface area contributed by atoms with Crippen LogP contribution in [0.25, 0.3) is 0 Å². The maximum atomic E-state index is 13.5. The largest absolute Gasteiger partial charge is 0.505 e. The highest BCUT2D eigenvalue weighted by Gasteiger charge is 2.28. The van der Waals surface area contributed by atoms with Gasteiger partial charge in [0, 0.05) is 20.1 Å². The third-order valence-electron chi connectivity index (χ3n) is 4.48. The van der Waals surface area contributed by atoms with E-state index in [1.54, 1.807) is 25.2 Å². The number of halogens is 3. The maximum Gasteiger partial charge on any atom is 0.194 e. The van der Waals surface area contributed by atoms with E-state index in [1.165, 1.54) is 24.3 Å². The highest BCUT2D eigenvalue weighted by Crippen LogP contribution is 2.25. The normalized spacial score (nSPS) is 19.9. The number of aromatic hydroxyl groups is 1. The summed E-state index contributed by atoms with van der Waals surface area (Å²) in [7, 11) is 1.69. The summed E-state index contributed by atoms with van der Waals surface area (Å²) in [5.41, 5.74) is 1.60. The van der Waals surface area contributed by atoms with Crippen LogP contribution in [0.15, 0.2) is 47.5 Å². The molecule has 0 aromatic heterocycles. The molecule has 0 spiro atoms. The average molecular weight is 503 g/mol.